The lowest BCUT2D eigenvalue weighted by Crippen LogP contribution is -2.30. The van der Waals surface area contributed by atoms with Gasteiger partial charge in [-0.1, -0.05) is 27.7 Å². The average molecular weight is 256 g/mol. The van der Waals surface area contributed by atoms with Gasteiger partial charge in [-0.2, -0.15) is 0 Å². The Morgan fingerprint density at radius 2 is 1.78 bits per heavy atom. The van der Waals surface area contributed by atoms with E-state index in [-0.39, 0.29) is 16.9 Å². The number of anilines is 1. The molecule has 1 rings (SSSR count). The molecule has 7 heteroatoms. The van der Waals surface area contributed by atoms with Crippen molar-refractivity contribution in [3.63, 3.8) is 0 Å². The molecule has 0 unspecified atom stereocenters. The standard InChI is InChI=1S/C7H8N4O3.2C2H6/c8-6-3-4(11(13)14)1-2-5(6)7(12)10-9;2*1-2/h1-3H,8-9H2,(H,10,12);2*1-2H3. The van der Waals surface area contributed by atoms with Gasteiger partial charge < -0.3 is 5.73 Å². The molecule has 0 fully saturated rings. The third-order valence-corrected chi connectivity index (χ3v) is 1.62. The molecular formula is C11H20N4O3. The quantitative estimate of drug-likeness (QED) is 0.245. The molecule has 0 heterocycles. The average Bonchev–Trinajstić information content (AvgIpc) is 2.42. The number of nitrogens with two attached hydrogens (primary N) is 2. The van der Waals surface area contributed by atoms with Crippen molar-refractivity contribution in [2.45, 2.75) is 27.7 Å². The lowest BCUT2D eigenvalue weighted by atomic mass is 10.1. The number of non-ortho nitro benzene ring substituents is 1. The van der Waals surface area contributed by atoms with Crippen LogP contribution in [0.25, 0.3) is 0 Å². The third kappa shape index (κ3) is 5.26. The smallest absolute Gasteiger partial charge is 0.271 e. The van der Waals surface area contributed by atoms with Crippen LogP contribution in [0.15, 0.2) is 18.2 Å². The van der Waals surface area contributed by atoms with Crippen molar-refractivity contribution in [1.82, 2.24) is 5.43 Å². The summed E-state index contributed by atoms with van der Waals surface area (Å²) in [6.07, 6.45) is 0. The van der Waals surface area contributed by atoms with E-state index in [0.717, 1.165) is 6.07 Å². The SMILES string of the molecule is CC.CC.NNC(=O)c1ccc([N+](=O)[O-])cc1N. The first-order chi connectivity index (χ1) is 8.56. The highest BCUT2D eigenvalue weighted by Crippen LogP contribution is 2.19. The lowest BCUT2D eigenvalue weighted by molar-refractivity contribution is -0.384. The van der Waals surface area contributed by atoms with Crippen LogP contribution in [0.5, 0.6) is 0 Å². The van der Waals surface area contributed by atoms with Crippen molar-refractivity contribution >= 4 is 17.3 Å². The molecule has 0 aliphatic carbocycles. The van der Waals surface area contributed by atoms with E-state index in [9.17, 15) is 14.9 Å². The van der Waals surface area contributed by atoms with E-state index in [4.69, 9.17) is 11.6 Å². The summed E-state index contributed by atoms with van der Waals surface area (Å²) in [5.41, 5.74) is 7.25. The maximum absolute atomic E-state index is 11.0. The molecule has 1 aromatic carbocycles. The first-order valence-corrected chi connectivity index (χ1v) is 5.61. The fourth-order valence-corrected chi connectivity index (χ4v) is 0.948. The van der Waals surface area contributed by atoms with E-state index in [1.165, 1.54) is 12.1 Å². The molecule has 0 atom stereocenters. The van der Waals surface area contributed by atoms with Gasteiger partial charge in [0.2, 0.25) is 0 Å². The van der Waals surface area contributed by atoms with Gasteiger partial charge in [0.15, 0.2) is 0 Å². The van der Waals surface area contributed by atoms with E-state index >= 15 is 0 Å². The number of benzene rings is 1. The number of hydrogen-bond donors (Lipinski definition) is 3. The van der Waals surface area contributed by atoms with E-state index in [0.29, 0.717) is 0 Å². The van der Waals surface area contributed by atoms with Crippen molar-refractivity contribution in [2.75, 3.05) is 5.73 Å². The Balaban J connectivity index is 0. The number of rotatable bonds is 2. The molecule has 1 aromatic rings. The largest absolute Gasteiger partial charge is 0.398 e. The maximum Gasteiger partial charge on any atom is 0.271 e. The lowest BCUT2D eigenvalue weighted by Gasteiger charge is -2.02. The number of nitro groups is 1. The number of amides is 1. The highest BCUT2D eigenvalue weighted by atomic mass is 16.6. The van der Waals surface area contributed by atoms with Gasteiger partial charge in [-0.25, -0.2) is 5.84 Å². The summed E-state index contributed by atoms with van der Waals surface area (Å²) in [6, 6.07) is 3.53. The Bertz CT molecular complexity index is 394. The molecule has 0 bridgehead atoms. The summed E-state index contributed by atoms with van der Waals surface area (Å²) >= 11 is 0. The highest BCUT2D eigenvalue weighted by Gasteiger charge is 2.12. The Kier molecular flexibility index (Phi) is 10.2. The zero-order chi connectivity index (χ0) is 14.7. The second-order valence-electron chi connectivity index (χ2n) is 2.50. The summed E-state index contributed by atoms with van der Waals surface area (Å²) in [6.45, 7) is 8.00. The van der Waals surface area contributed by atoms with Crippen LogP contribution in [0.3, 0.4) is 0 Å². The number of nitrogen functional groups attached to an aromatic ring is 2. The van der Waals surface area contributed by atoms with Crippen molar-refractivity contribution < 1.29 is 9.72 Å². The maximum atomic E-state index is 11.0. The number of hydrogen-bond acceptors (Lipinski definition) is 5. The van der Waals surface area contributed by atoms with Gasteiger partial charge in [-0.05, 0) is 6.07 Å². The number of nitro benzene ring substituents is 1. The van der Waals surface area contributed by atoms with Crippen LogP contribution >= 0.6 is 0 Å². The molecule has 102 valence electrons. The minimum absolute atomic E-state index is 0.0159. The molecule has 0 saturated carbocycles. The van der Waals surface area contributed by atoms with Crippen molar-refractivity contribution in [3.8, 4) is 0 Å². The Morgan fingerprint density at radius 1 is 1.28 bits per heavy atom. The molecule has 0 aliphatic rings. The minimum atomic E-state index is -0.597. The van der Waals surface area contributed by atoms with Gasteiger partial charge >= 0.3 is 0 Å². The first-order valence-electron chi connectivity index (χ1n) is 5.61. The van der Waals surface area contributed by atoms with E-state index in [1.807, 2.05) is 33.1 Å². The van der Waals surface area contributed by atoms with Gasteiger partial charge in [0, 0.05) is 12.1 Å². The molecular weight excluding hydrogens is 236 g/mol. The predicted octanol–water partition coefficient (Wildman–Crippen LogP) is 1.83. The number of nitrogens with one attached hydrogen (secondary N) is 1. The monoisotopic (exact) mass is 256 g/mol. The zero-order valence-corrected chi connectivity index (χ0v) is 11.1. The van der Waals surface area contributed by atoms with Crippen LogP contribution in [0.1, 0.15) is 38.1 Å². The van der Waals surface area contributed by atoms with E-state index in [2.05, 4.69) is 0 Å². The first kappa shape index (κ1) is 18.2. The molecule has 0 radical (unpaired) electrons. The fraction of sp³-hybridized carbons (Fsp3) is 0.364. The van der Waals surface area contributed by atoms with Crippen LogP contribution in [-0.2, 0) is 0 Å². The van der Waals surface area contributed by atoms with Gasteiger partial charge in [-0.3, -0.25) is 20.3 Å². The fourth-order valence-electron chi connectivity index (χ4n) is 0.948. The Labute approximate surface area is 106 Å². The zero-order valence-electron chi connectivity index (χ0n) is 11.1. The third-order valence-electron chi connectivity index (χ3n) is 1.62. The summed E-state index contributed by atoms with van der Waals surface area (Å²) in [4.78, 5) is 20.8. The van der Waals surface area contributed by atoms with Gasteiger partial charge in [-0.15, -0.1) is 0 Å². The second-order valence-corrected chi connectivity index (χ2v) is 2.50. The normalized spacial score (nSPS) is 8.06. The molecule has 0 aliphatic heterocycles. The summed E-state index contributed by atoms with van der Waals surface area (Å²) < 4.78 is 0. The molecule has 0 aromatic heterocycles. The van der Waals surface area contributed by atoms with Gasteiger partial charge in [0.05, 0.1) is 16.2 Å². The van der Waals surface area contributed by atoms with Crippen molar-refractivity contribution in [1.29, 1.82) is 0 Å². The molecule has 7 nitrogen and oxygen atoms in total. The van der Waals surface area contributed by atoms with Crippen molar-refractivity contribution in [3.05, 3.63) is 33.9 Å². The Morgan fingerprint density at radius 3 is 2.11 bits per heavy atom. The highest BCUT2D eigenvalue weighted by molar-refractivity contribution is 5.99. The molecule has 18 heavy (non-hydrogen) atoms. The van der Waals surface area contributed by atoms with Gasteiger partial charge in [0.1, 0.15) is 0 Å². The van der Waals surface area contributed by atoms with E-state index in [1.54, 1.807) is 0 Å². The van der Waals surface area contributed by atoms with Crippen LogP contribution in [-0.4, -0.2) is 10.8 Å². The second kappa shape index (κ2) is 10.0. The summed E-state index contributed by atoms with van der Waals surface area (Å²) in [5, 5.41) is 10.3. The summed E-state index contributed by atoms with van der Waals surface area (Å²) in [5.74, 6) is 4.30. The van der Waals surface area contributed by atoms with Gasteiger partial charge in [0.25, 0.3) is 11.6 Å². The predicted molar refractivity (Wildman–Crippen MR) is 71.9 cm³/mol. The van der Waals surface area contributed by atoms with Crippen LogP contribution in [0.2, 0.25) is 0 Å². The number of carbonyl (C=O) groups is 1. The Hall–Kier alpha value is -2.15. The van der Waals surface area contributed by atoms with Crippen LogP contribution in [0, 0.1) is 10.1 Å². The number of hydrazine groups is 1. The molecule has 1 amide bonds. The molecule has 0 spiro atoms. The molecule has 0 saturated heterocycles. The van der Waals surface area contributed by atoms with Crippen molar-refractivity contribution in [2.24, 2.45) is 5.84 Å². The topological polar surface area (TPSA) is 124 Å². The number of nitrogens with zero attached hydrogens (tertiary/aromatic N) is 1. The minimum Gasteiger partial charge on any atom is -0.398 e. The molecule has 5 N–H and O–H groups in total. The van der Waals surface area contributed by atoms with Crippen LogP contribution in [0.4, 0.5) is 11.4 Å². The number of carbonyl (C=O) groups excluding carboxylic acids is 1. The van der Waals surface area contributed by atoms with E-state index < -0.39 is 10.8 Å². The van der Waals surface area contributed by atoms with Crippen LogP contribution < -0.4 is 17.0 Å². The summed E-state index contributed by atoms with van der Waals surface area (Å²) in [7, 11) is 0.